The van der Waals surface area contributed by atoms with E-state index in [1.165, 1.54) is 0 Å². The number of nitrogens with zero attached hydrogens (tertiary/aromatic N) is 2. The van der Waals surface area contributed by atoms with Gasteiger partial charge in [-0.1, -0.05) is 34.1 Å². The van der Waals surface area contributed by atoms with E-state index in [9.17, 15) is 14.7 Å². The third-order valence-electron chi connectivity index (χ3n) is 6.29. The van der Waals surface area contributed by atoms with Crippen molar-refractivity contribution < 1.29 is 19.1 Å². The summed E-state index contributed by atoms with van der Waals surface area (Å²) in [6.07, 6.45) is 4.87. The molecule has 0 saturated carbocycles. The van der Waals surface area contributed by atoms with Crippen LogP contribution in [-0.2, 0) is 11.2 Å². The van der Waals surface area contributed by atoms with Crippen molar-refractivity contribution in [1.82, 2.24) is 14.9 Å². The lowest BCUT2D eigenvalue weighted by atomic mass is 9.96. The Morgan fingerprint density at radius 3 is 2.50 bits per heavy atom. The Morgan fingerprint density at radius 2 is 1.91 bits per heavy atom. The molecule has 0 saturated heterocycles. The fourth-order valence-corrected chi connectivity index (χ4v) is 4.16. The SMILES string of the molecule is CCC(C)C(CC(=O)O)NC(=O)c1ccc2c(c1)nc(Cc1ccco1)n2C(CC)CC. The highest BCUT2D eigenvalue weighted by molar-refractivity contribution is 5.97. The molecule has 2 heterocycles. The third-order valence-corrected chi connectivity index (χ3v) is 6.29. The molecule has 3 rings (SSSR count). The predicted molar refractivity (Wildman–Crippen MR) is 124 cm³/mol. The molecular formula is C25H33N3O4. The molecule has 7 nitrogen and oxygen atoms in total. The van der Waals surface area contributed by atoms with Crippen molar-refractivity contribution in [1.29, 1.82) is 0 Å². The number of benzene rings is 1. The summed E-state index contributed by atoms with van der Waals surface area (Å²) >= 11 is 0. The van der Waals surface area contributed by atoms with Crippen LogP contribution in [0, 0.1) is 5.92 Å². The minimum atomic E-state index is -0.919. The quantitative estimate of drug-likeness (QED) is 0.428. The van der Waals surface area contributed by atoms with Crippen LogP contribution in [0.25, 0.3) is 11.0 Å². The summed E-state index contributed by atoms with van der Waals surface area (Å²) in [5.74, 6) is 0.619. The molecule has 7 heteroatoms. The predicted octanol–water partition coefficient (Wildman–Crippen LogP) is 5.20. The van der Waals surface area contributed by atoms with Crippen LogP contribution in [-0.4, -0.2) is 32.6 Å². The van der Waals surface area contributed by atoms with Crippen LogP contribution in [0.3, 0.4) is 0 Å². The number of rotatable bonds is 11. The standard InChI is InChI=1S/C25H33N3O4/c1-5-16(4)20(15-24(29)30)27-25(31)17-10-11-22-21(13-17)26-23(14-19-9-8-12-32-19)28(22)18(6-2)7-3/h8-13,16,18,20H,5-7,14-15H2,1-4H3,(H,27,31)(H,29,30). The summed E-state index contributed by atoms with van der Waals surface area (Å²) in [6, 6.07) is 9.22. The van der Waals surface area contributed by atoms with E-state index in [4.69, 9.17) is 9.40 Å². The highest BCUT2D eigenvalue weighted by Crippen LogP contribution is 2.28. The maximum atomic E-state index is 12.9. The number of hydrogen-bond donors (Lipinski definition) is 2. The molecule has 0 fully saturated rings. The number of carbonyl (C=O) groups is 2. The zero-order chi connectivity index (χ0) is 23.3. The van der Waals surface area contributed by atoms with Crippen molar-refractivity contribution in [3.8, 4) is 0 Å². The van der Waals surface area contributed by atoms with Gasteiger partial charge in [-0.25, -0.2) is 4.98 Å². The number of carboxylic acid groups (broad SMARTS) is 1. The lowest BCUT2D eigenvalue weighted by Gasteiger charge is -2.23. The van der Waals surface area contributed by atoms with Crippen molar-refractivity contribution >= 4 is 22.9 Å². The van der Waals surface area contributed by atoms with Gasteiger partial charge < -0.3 is 19.4 Å². The zero-order valence-corrected chi connectivity index (χ0v) is 19.3. The smallest absolute Gasteiger partial charge is 0.305 e. The highest BCUT2D eigenvalue weighted by atomic mass is 16.4. The fraction of sp³-hybridized carbons (Fsp3) is 0.480. The Bertz CT molecular complexity index is 1050. The van der Waals surface area contributed by atoms with Crippen LogP contribution in [0.1, 0.15) is 81.4 Å². The number of carbonyl (C=O) groups excluding carboxylic acids is 1. The number of carboxylic acids is 1. The Morgan fingerprint density at radius 1 is 1.16 bits per heavy atom. The summed E-state index contributed by atoms with van der Waals surface area (Å²) in [7, 11) is 0. The van der Waals surface area contributed by atoms with E-state index >= 15 is 0 Å². The second-order valence-electron chi connectivity index (χ2n) is 8.39. The molecule has 32 heavy (non-hydrogen) atoms. The Kier molecular flexibility index (Phi) is 7.72. The number of nitrogens with one attached hydrogen (secondary N) is 1. The maximum absolute atomic E-state index is 12.9. The second kappa shape index (κ2) is 10.5. The lowest BCUT2D eigenvalue weighted by Crippen LogP contribution is -2.40. The van der Waals surface area contributed by atoms with Gasteiger partial charge in [0.05, 0.1) is 30.1 Å². The summed E-state index contributed by atoms with van der Waals surface area (Å²) in [4.78, 5) is 29.0. The van der Waals surface area contributed by atoms with Crippen LogP contribution < -0.4 is 5.32 Å². The van der Waals surface area contributed by atoms with Crippen molar-refractivity contribution in [3.05, 3.63) is 53.7 Å². The molecule has 1 amide bonds. The molecule has 2 atom stereocenters. The molecule has 0 aliphatic carbocycles. The Hall–Kier alpha value is -3.09. The molecule has 0 aliphatic rings. The van der Waals surface area contributed by atoms with Crippen molar-refractivity contribution in [2.24, 2.45) is 5.92 Å². The summed E-state index contributed by atoms with van der Waals surface area (Å²) < 4.78 is 7.80. The van der Waals surface area contributed by atoms with Gasteiger partial charge in [-0.3, -0.25) is 9.59 Å². The third kappa shape index (κ3) is 5.21. The van der Waals surface area contributed by atoms with Crippen molar-refractivity contribution in [3.63, 3.8) is 0 Å². The molecule has 0 radical (unpaired) electrons. The van der Waals surface area contributed by atoms with Gasteiger partial charge in [0, 0.05) is 17.6 Å². The minimum Gasteiger partial charge on any atom is -0.481 e. The number of furan rings is 1. The monoisotopic (exact) mass is 439 g/mol. The molecular weight excluding hydrogens is 406 g/mol. The Balaban J connectivity index is 1.95. The number of aliphatic carboxylic acids is 1. The summed E-state index contributed by atoms with van der Waals surface area (Å²) in [6.45, 7) is 8.27. The van der Waals surface area contributed by atoms with Gasteiger partial charge in [0.15, 0.2) is 0 Å². The maximum Gasteiger partial charge on any atom is 0.305 e. The van der Waals surface area contributed by atoms with Crippen LogP contribution in [0.2, 0.25) is 0 Å². The van der Waals surface area contributed by atoms with E-state index < -0.39 is 12.0 Å². The molecule has 0 spiro atoms. The van der Waals surface area contributed by atoms with Gasteiger partial charge in [-0.05, 0) is 49.1 Å². The lowest BCUT2D eigenvalue weighted by molar-refractivity contribution is -0.137. The van der Waals surface area contributed by atoms with E-state index in [0.717, 1.165) is 41.9 Å². The molecule has 0 aliphatic heterocycles. The van der Waals surface area contributed by atoms with E-state index in [0.29, 0.717) is 18.0 Å². The summed E-state index contributed by atoms with van der Waals surface area (Å²) in [5.41, 5.74) is 2.22. The normalized spacial score (nSPS) is 13.4. The molecule has 2 N–H and O–H groups in total. The first-order valence-electron chi connectivity index (χ1n) is 11.4. The molecule has 1 aromatic carbocycles. The average molecular weight is 440 g/mol. The molecule has 2 aromatic heterocycles. The molecule has 0 bridgehead atoms. The second-order valence-corrected chi connectivity index (χ2v) is 8.39. The minimum absolute atomic E-state index is 0.0627. The van der Waals surface area contributed by atoms with Gasteiger partial charge in [0.1, 0.15) is 11.6 Å². The van der Waals surface area contributed by atoms with Gasteiger partial charge >= 0.3 is 5.97 Å². The van der Waals surface area contributed by atoms with Gasteiger partial charge in [0.25, 0.3) is 5.91 Å². The van der Waals surface area contributed by atoms with Crippen LogP contribution >= 0.6 is 0 Å². The largest absolute Gasteiger partial charge is 0.481 e. The average Bonchev–Trinajstić information content (AvgIpc) is 3.41. The Labute approximate surface area is 188 Å². The highest BCUT2D eigenvalue weighted by Gasteiger charge is 2.23. The van der Waals surface area contributed by atoms with Gasteiger partial charge in [-0.2, -0.15) is 0 Å². The number of aromatic nitrogens is 2. The van der Waals surface area contributed by atoms with E-state index in [-0.39, 0.29) is 18.2 Å². The van der Waals surface area contributed by atoms with E-state index in [1.807, 2.05) is 32.0 Å². The van der Waals surface area contributed by atoms with E-state index in [2.05, 4.69) is 23.7 Å². The zero-order valence-electron chi connectivity index (χ0n) is 19.3. The van der Waals surface area contributed by atoms with Crippen LogP contribution in [0.15, 0.2) is 41.0 Å². The number of amides is 1. The summed E-state index contributed by atoms with van der Waals surface area (Å²) in [5, 5.41) is 12.1. The number of hydrogen-bond acceptors (Lipinski definition) is 4. The van der Waals surface area contributed by atoms with Crippen LogP contribution in [0.5, 0.6) is 0 Å². The van der Waals surface area contributed by atoms with Gasteiger partial charge in [0.2, 0.25) is 0 Å². The van der Waals surface area contributed by atoms with Gasteiger partial charge in [-0.15, -0.1) is 0 Å². The molecule has 2 unspecified atom stereocenters. The molecule has 3 aromatic rings. The van der Waals surface area contributed by atoms with Crippen molar-refractivity contribution in [2.45, 2.75) is 71.9 Å². The fourth-order valence-electron chi connectivity index (χ4n) is 4.16. The van der Waals surface area contributed by atoms with Crippen molar-refractivity contribution in [2.75, 3.05) is 0 Å². The number of imidazole rings is 1. The topological polar surface area (TPSA) is 97.4 Å². The molecule has 172 valence electrons. The van der Waals surface area contributed by atoms with Crippen LogP contribution in [0.4, 0.5) is 0 Å². The first-order valence-corrected chi connectivity index (χ1v) is 11.4. The number of fused-ring (bicyclic) bond motifs is 1. The first kappa shape index (κ1) is 23.6. The van der Waals surface area contributed by atoms with E-state index in [1.54, 1.807) is 18.4 Å². The first-order chi connectivity index (χ1) is 15.4.